The highest BCUT2D eigenvalue weighted by Gasteiger charge is 2.24. The number of likely N-dealkylation sites (tertiary alicyclic amines) is 1. The maximum atomic E-state index is 12.5. The summed E-state index contributed by atoms with van der Waals surface area (Å²) in [6, 6.07) is 15.6. The fraction of sp³-hybridized carbons (Fsp3) is 0.333. The second-order valence-electron chi connectivity index (χ2n) is 5.65. The van der Waals surface area contributed by atoms with Crippen LogP contribution in [-0.4, -0.2) is 28.9 Å². The molecule has 3 nitrogen and oxygen atoms in total. The largest absolute Gasteiger partial charge is 0.338 e. The Bertz CT molecular complexity index is 583. The van der Waals surface area contributed by atoms with Crippen LogP contribution in [0.3, 0.4) is 0 Å². The van der Waals surface area contributed by atoms with Gasteiger partial charge in [0.15, 0.2) is 0 Å². The molecule has 1 atom stereocenters. The number of benzene rings is 1. The molecule has 0 aliphatic carbocycles. The Kier molecular flexibility index (Phi) is 4.29. The number of rotatable bonds is 3. The average molecular weight is 280 g/mol. The number of pyridine rings is 1. The van der Waals surface area contributed by atoms with E-state index in [9.17, 15) is 4.79 Å². The maximum Gasteiger partial charge on any atom is 0.253 e. The van der Waals surface area contributed by atoms with Gasteiger partial charge < -0.3 is 4.90 Å². The molecular weight excluding hydrogens is 260 g/mol. The van der Waals surface area contributed by atoms with Gasteiger partial charge >= 0.3 is 0 Å². The molecule has 0 saturated carbocycles. The van der Waals surface area contributed by atoms with Crippen molar-refractivity contribution < 1.29 is 4.79 Å². The number of piperidine rings is 1. The van der Waals surface area contributed by atoms with E-state index in [1.807, 2.05) is 53.6 Å². The van der Waals surface area contributed by atoms with Crippen molar-refractivity contribution in [2.45, 2.75) is 19.3 Å². The Morgan fingerprint density at radius 1 is 1.14 bits per heavy atom. The van der Waals surface area contributed by atoms with E-state index in [1.54, 1.807) is 0 Å². The Morgan fingerprint density at radius 2 is 1.95 bits per heavy atom. The molecule has 0 bridgehead atoms. The minimum atomic E-state index is 0.154. The first-order valence-corrected chi connectivity index (χ1v) is 7.57. The van der Waals surface area contributed by atoms with Gasteiger partial charge in [-0.2, -0.15) is 0 Å². The number of carbonyl (C=O) groups is 1. The average Bonchev–Trinajstić information content (AvgIpc) is 2.56. The lowest BCUT2D eigenvalue weighted by Crippen LogP contribution is -2.40. The molecule has 2 aromatic rings. The summed E-state index contributed by atoms with van der Waals surface area (Å²) < 4.78 is 0. The third kappa shape index (κ3) is 3.48. The SMILES string of the molecule is O=C(c1ccccc1)N1CCC[C@@H](Cc2ccccn2)C1. The van der Waals surface area contributed by atoms with Crippen LogP contribution in [0.4, 0.5) is 0 Å². The van der Waals surface area contributed by atoms with E-state index >= 15 is 0 Å². The van der Waals surface area contributed by atoms with Crippen molar-refractivity contribution in [3.05, 3.63) is 66.0 Å². The van der Waals surface area contributed by atoms with Crippen LogP contribution in [0.2, 0.25) is 0 Å². The fourth-order valence-corrected chi connectivity index (χ4v) is 2.99. The number of aromatic nitrogens is 1. The predicted octanol–water partition coefficient (Wildman–Crippen LogP) is 3.18. The molecule has 0 radical (unpaired) electrons. The molecule has 1 aliphatic heterocycles. The van der Waals surface area contributed by atoms with E-state index in [4.69, 9.17) is 0 Å². The number of nitrogens with zero attached hydrogens (tertiary/aromatic N) is 2. The zero-order valence-corrected chi connectivity index (χ0v) is 12.1. The lowest BCUT2D eigenvalue weighted by Gasteiger charge is -2.32. The van der Waals surface area contributed by atoms with Gasteiger partial charge in [0.2, 0.25) is 0 Å². The van der Waals surface area contributed by atoms with E-state index in [-0.39, 0.29) is 5.91 Å². The van der Waals surface area contributed by atoms with Crippen LogP contribution >= 0.6 is 0 Å². The Balaban J connectivity index is 1.64. The van der Waals surface area contributed by atoms with E-state index in [0.717, 1.165) is 37.2 Å². The topological polar surface area (TPSA) is 33.2 Å². The first-order chi connectivity index (χ1) is 10.3. The summed E-state index contributed by atoms with van der Waals surface area (Å²) in [6.45, 7) is 1.71. The molecule has 21 heavy (non-hydrogen) atoms. The molecule has 2 heterocycles. The Labute approximate surface area is 125 Å². The van der Waals surface area contributed by atoms with Gasteiger partial charge in [0.05, 0.1) is 0 Å². The molecule has 1 amide bonds. The molecule has 3 rings (SSSR count). The summed E-state index contributed by atoms with van der Waals surface area (Å²) >= 11 is 0. The van der Waals surface area contributed by atoms with Crippen LogP contribution in [0.15, 0.2) is 54.7 Å². The van der Waals surface area contributed by atoms with Crippen molar-refractivity contribution in [2.75, 3.05) is 13.1 Å². The van der Waals surface area contributed by atoms with Gasteiger partial charge in [-0.05, 0) is 49.4 Å². The lowest BCUT2D eigenvalue weighted by molar-refractivity contribution is 0.0673. The predicted molar refractivity (Wildman–Crippen MR) is 83.0 cm³/mol. The molecule has 108 valence electrons. The van der Waals surface area contributed by atoms with E-state index in [1.165, 1.54) is 6.42 Å². The number of carbonyl (C=O) groups excluding carboxylic acids is 1. The molecule has 0 N–H and O–H groups in total. The van der Waals surface area contributed by atoms with Crippen molar-refractivity contribution >= 4 is 5.91 Å². The summed E-state index contributed by atoms with van der Waals surface area (Å²) in [7, 11) is 0. The molecule has 0 unspecified atom stereocenters. The van der Waals surface area contributed by atoms with Gasteiger partial charge in [-0.1, -0.05) is 24.3 Å². The number of amides is 1. The van der Waals surface area contributed by atoms with Crippen LogP contribution in [0.1, 0.15) is 28.9 Å². The van der Waals surface area contributed by atoms with Crippen LogP contribution in [0.25, 0.3) is 0 Å². The van der Waals surface area contributed by atoms with Crippen molar-refractivity contribution in [1.82, 2.24) is 9.88 Å². The Morgan fingerprint density at radius 3 is 2.71 bits per heavy atom. The highest BCUT2D eigenvalue weighted by atomic mass is 16.2. The highest BCUT2D eigenvalue weighted by molar-refractivity contribution is 5.94. The first-order valence-electron chi connectivity index (χ1n) is 7.57. The first kappa shape index (κ1) is 13.8. The van der Waals surface area contributed by atoms with Crippen molar-refractivity contribution in [1.29, 1.82) is 0 Å². The highest BCUT2D eigenvalue weighted by Crippen LogP contribution is 2.21. The third-order valence-electron chi connectivity index (χ3n) is 4.05. The smallest absolute Gasteiger partial charge is 0.253 e. The van der Waals surface area contributed by atoms with Crippen molar-refractivity contribution in [3.8, 4) is 0 Å². The standard InChI is InChI=1S/C18H20N2O/c21-18(16-8-2-1-3-9-16)20-12-6-7-15(14-20)13-17-10-4-5-11-19-17/h1-5,8-11,15H,6-7,12-14H2/t15-/m0/s1. The second kappa shape index (κ2) is 6.53. The molecule has 1 aromatic heterocycles. The number of hydrogen-bond donors (Lipinski definition) is 0. The minimum absolute atomic E-state index is 0.154. The lowest BCUT2D eigenvalue weighted by atomic mass is 9.92. The van der Waals surface area contributed by atoms with Crippen LogP contribution in [-0.2, 0) is 6.42 Å². The molecule has 1 aliphatic rings. The van der Waals surface area contributed by atoms with Crippen molar-refractivity contribution in [2.24, 2.45) is 5.92 Å². The van der Waals surface area contributed by atoms with Crippen LogP contribution < -0.4 is 0 Å². The number of hydrogen-bond acceptors (Lipinski definition) is 2. The normalized spacial score (nSPS) is 18.5. The zero-order valence-electron chi connectivity index (χ0n) is 12.1. The van der Waals surface area contributed by atoms with Gasteiger partial charge in [0.1, 0.15) is 0 Å². The third-order valence-corrected chi connectivity index (χ3v) is 4.05. The van der Waals surface area contributed by atoms with Crippen molar-refractivity contribution in [3.63, 3.8) is 0 Å². The molecule has 1 saturated heterocycles. The summed E-state index contributed by atoms with van der Waals surface area (Å²) in [5.41, 5.74) is 1.91. The molecule has 0 spiro atoms. The quantitative estimate of drug-likeness (QED) is 0.865. The van der Waals surface area contributed by atoms with Gasteiger partial charge in [0, 0.05) is 30.5 Å². The molecular formula is C18H20N2O. The van der Waals surface area contributed by atoms with E-state index in [0.29, 0.717) is 5.92 Å². The fourth-order valence-electron chi connectivity index (χ4n) is 2.99. The van der Waals surface area contributed by atoms with Gasteiger partial charge in [-0.15, -0.1) is 0 Å². The molecule has 1 fully saturated rings. The second-order valence-corrected chi connectivity index (χ2v) is 5.65. The van der Waals surface area contributed by atoms with Gasteiger partial charge in [-0.3, -0.25) is 9.78 Å². The maximum absolute atomic E-state index is 12.5. The van der Waals surface area contributed by atoms with E-state index < -0.39 is 0 Å². The van der Waals surface area contributed by atoms with Crippen LogP contribution in [0, 0.1) is 5.92 Å². The zero-order chi connectivity index (χ0) is 14.5. The minimum Gasteiger partial charge on any atom is -0.338 e. The Hall–Kier alpha value is -2.16. The summed E-state index contributed by atoms with van der Waals surface area (Å²) in [6.07, 6.45) is 5.05. The van der Waals surface area contributed by atoms with Gasteiger partial charge in [0.25, 0.3) is 5.91 Å². The molecule has 1 aromatic carbocycles. The van der Waals surface area contributed by atoms with Crippen LogP contribution in [0.5, 0.6) is 0 Å². The molecule has 3 heteroatoms. The summed E-state index contributed by atoms with van der Waals surface area (Å²) in [5, 5.41) is 0. The van der Waals surface area contributed by atoms with E-state index in [2.05, 4.69) is 11.1 Å². The summed E-state index contributed by atoms with van der Waals surface area (Å²) in [4.78, 5) is 18.9. The summed E-state index contributed by atoms with van der Waals surface area (Å²) in [5.74, 6) is 0.669. The van der Waals surface area contributed by atoms with Gasteiger partial charge in [-0.25, -0.2) is 0 Å². The monoisotopic (exact) mass is 280 g/mol.